The molecule has 0 amide bonds. The third-order valence-electron chi connectivity index (χ3n) is 3.93. The molecule has 0 aromatic heterocycles. The third-order valence-corrected chi connectivity index (χ3v) is 5.05. The molecule has 1 aromatic rings. The molecule has 1 aliphatic heterocycles. The van der Waals surface area contributed by atoms with Crippen molar-refractivity contribution in [1.82, 2.24) is 5.32 Å². The van der Waals surface area contributed by atoms with Gasteiger partial charge in [-0.3, -0.25) is 0 Å². The van der Waals surface area contributed by atoms with Crippen LogP contribution in [0.5, 0.6) is 11.5 Å². The maximum atomic E-state index is 11.8. The van der Waals surface area contributed by atoms with E-state index >= 15 is 0 Å². The molecule has 118 valence electrons. The summed E-state index contributed by atoms with van der Waals surface area (Å²) in [6, 6.07) is 3.38. The fourth-order valence-electron chi connectivity index (χ4n) is 2.78. The smallest absolute Gasteiger partial charge is 0.179 e. The number of hydrogen-bond donors (Lipinski definition) is 1. The van der Waals surface area contributed by atoms with E-state index in [0.717, 1.165) is 37.9 Å². The second-order valence-electron chi connectivity index (χ2n) is 5.48. The van der Waals surface area contributed by atoms with E-state index in [1.807, 2.05) is 0 Å². The van der Waals surface area contributed by atoms with Crippen molar-refractivity contribution in [3.63, 3.8) is 0 Å². The Hall–Kier alpha value is -1.27. The summed E-state index contributed by atoms with van der Waals surface area (Å²) in [5.74, 6) is 1.60. The molecule has 0 aliphatic carbocycles. The van der Waals surface area contributed by atoms with E-state index in [4.69, 9.17) is 9.47 Å². The van der Waals surface area contributed by atoms with E-state index in [1.54, 1.807) is 19.2 Å². The van der Waals surface area contributed by atoms with E-state index in [2.05, 4.69) is 5.32 Å². The van der Waals surface area contributed by atoms with E-state index in [9.17, 15) is 8.42 Å². The molecule has 1 saturated heterocycles. The van der Waals surface area contributed by atoms with Gasteiger partial charge in [-0.1, -0.05) is 0 Å². The molecule has 1 N–H and O–H groups in total. The van der Waals surface area contributed by atoms with Crippen molar-refractivity contribution in [1.29, 1.82) is 0 Å². The maximum Gasteiger partial charge on any atom is 0.179 e. The zero-order valence-corrected chi connectivity index (χ0v) is 13.6. The number of piperidine rings is 1. The van der Waals surface area contributed by atoms with E-state index in [-0.39, 0.29) is 4.90 Å². The maximum absolute atomic E-state index is 11.8. The van der Waals surface area contributed by atoms with Gasteiger partial charge in [0.1, 0.15) is 16.4 Å². The summed E-state index contributed by atoms with van der Waals surface area (Å²) in [7, 11) is -0.283. The highest BCUT2D eigenvalue weighted by Gasteiger charge is 2.21. The van der Waals surface area contributed by atoms with Gasteiger partial charge in [0, 0.05) is 12.3 Å². The van der Waals surface area contributed by atoms with Gasteiger partial charge in [-0.2, -0.15) is 0 Å². The largest absolute Gasteiger partial charge is 0.496 e. The fraction of sp³-hybridized carbons (Fsp3) is 0.600. The van der Waals surface area contributed by atoms with Crippen molar-refractivity contribution < 1.29 is 17.9 Å². The summed E-state index contributed by atoms with van der Waals surface area (Å²) >= 11 is 0. The van der Waals surface area contributed by atoms with Gasteiger partial charge >= 0.3 is 0 Å². The van der Waals surface area contributed by atoms with Crippen LogP contribution in [0.4, 0.5) is 0 Å². The van der Waals surface area contributed by atoms with Gasteiger partial charge in [0.15, 0.2) is 9.84 Å². The van der Waals surface area contributed by atoms with Crippen LogP contribution < -0.4 is 14.8 Å². The zero-order valence-electron chi connectivity index (χ0n) is 12.8. The molecule has 6 heteroatoms. The summed E-state index contributed by atoms with van der Waals surface area (Å²) in [6.45, 7) is 2.07. The normalized spacial score (nSPS) is 16.7. The number of nitrogens with one attached hydrogen (secondary N) is 1. The van der Waals surface area contributed by atoms with Gasteiger partial charge < -0.3 is 14.8 Å². The minimum absolute atomic E-state index is 0.177. The van der Waals surface area contributed by atoms with Gasteiger partial charge in [-0.05, 0) is 49.9 Å². The molecule has 0 atom stereocenters. The Bertz CT molecular complexity index is 592. The summed E-state index contributed by atoms with van der Waals surface area (Å²) < 4.78 is 34.3. The molecule has 21 heavy (non-hydrogen) atoms. The molecule has 0 spiro atoms. The van der Waals surface area contributed by atoms with Crippen LogP contribution in [-0.2, 0) is 16.3 Å². The zero-order chi connectivity index (χ0) is 15.5. The van der Waals surface area contributed by atoms with Gasteiger partial charge in [0.25, 0.3) is 0 Å². The standard InChI is InChI=1S/C15H23NO4S/c1-19-13-10-15(21(3,17)18)14(20-2)9-12(13)8-11-4-6-16-7-5-11/h9-11,16H,4-8H2,1-3H3. The number of benzene rings is 1. The Morgan fingerprint density at radius 3 is 2.29 bits per heavy atom. The lowest BCUT2D eigenvalue weighted by molar-refractivity contribution is 0.356. The lowest BCUT2D eigenvalue weighted by atomic mass is 9.90. The van der Waals surface area contributed by atoms with Crippen molar-refractivity contribution >= 4 is 9.84 Å². The second kappa shape index (κ2) is 6.66. The van der Waals surface area contributed by atoms with Crippen LogP contribution in [0.2, 0.25) is 0 Å². The number of hydrogen-bond acceptors (Lipinski definition) is 5. The predicted molar refractivity (Wildman–Crippen MR) is 82.0 cm³/mol. The van der Waals surface area contributed by atoms with Gasteiger partial charge in [-0.25, -0.2) is 8.42 Å². The first-order valence-corrected chi connectivity index (χ1v) is 9.00. The fourth-order valence-corrected chi connectivity index (χ4v) is 3.61. The molecular formula is C15H23NO4S. The predicted octanol–water partition coefficient (Wildman–Crippen LogP) is 1.65. The Morgan fingerprint density at radius 2 is 1.76 bits per heavy atom. The Labute approximate surface area is 126 Å². The van der Waals surface area contributed by atoms with Crippen molar-refractivity contribution in [2.24, 2.45) is 5.92 Å². The van der Waals surface area contributed by atoms with E-state index in [1.165, 1.54) is 13.4 Å². The summed E-state index contributed by atoms with van der Waals surface area (Å²) in [5.41, 5.74) is 1.01. The molecule has 1 fully saturated rings. The van der Waals surface area contributed by atoms with Crippen LogP contribution in [0, 0.1) is 5.92 Å². The van der Waals surface area contributed by atoms with Crippen molar-refractivity contribution in [3.05, 3.63) is 17.7 Å². The van der Waals surface area contributed by atoms with E-state index in [0.29, 0.717) is 17.4 Å². The van der Waals surface area contributed by atoms with Crippen molar-refractivity contribution in [2.45, 2.75) is 24.2 Å². The van der Waals surface area contributed by atoms with Crippen LogP contribution in [0.15, 0.2) is 17.0 Å². The first-order valence-electron chi connectivity index (χ1n) is 7.11. The topological polar surface area (TPSA) is 64.6 Å². The average molecular weight is 313 g/mol. The molecule has 1 heterocycles. The highest BCUT2D eigenvalue weighted by molar-refractivity contribution is 7.90. The number of ether oxygens (including phenoxy) is 2. The molecule has 0 unspecified atom stereocenters. The molecule has 1 aliphatic rings. The van der Waals surface area contributed by atoms with Crippen LogP contribution in [-0.4, -0.2) is 42.0 Å². The molecule has 2 rings (SSSR count). The molecule has 1 aromatic carbocycles. The second-order valence-corrected chi connectivity index (χ2v) is 7.47. The Kier molecular flexibility index (Phi) is 5.11. The van der Waals surface area contributed by atoms with Crippen molar-refractivity contribution in [2.75, 3.05) is 33.6 Å². The quantitative estimate of drug-likeness (QED) is 0.895. The minimum atomic E-state index is -3.34. The molecule has 0 saturated carbocycles. The molecule has 5 nitrogen and oxygen atoms in total. The average Bonchev–Trinajstić information content (AvgIpc) is 2.46. The lowest BCUT2D eigenvalue weighted by Crippen LogP contribution is -2.28. The van der Waals surface area contributed by atoms with Gasteiger partial charge in [0.05, 0.1) is 14.2 Å². The van der Waals surface area contributed by atoms with Crippen LogP contribution in [0.1, 0.15) is 18.4 Å². The third kappa shape index (κ3) is 3.89. The summed E-state index contributed by atoms with van der Waals surface area (Å²) in [5, 5.41) is 3.35. The van der Waals surface area contributed by atoms with Gasteiger partial charge in [-0.15, -0.1) is 0 Å². The summed E-state index contributed by atoms with van der Waals surface area (Å²) in [4.78, 5) is 0.177. The highest BCUT2D eigenvalue weighted by atomic mass is 32.2. The minimum Gasteiger partial charge on any atom is -0.496 e. The Morgan fingerprint density at radius 1 is 1.14 bits per heavy atom. The van der Waals surface area contributed by atoms with Crippen LogP contribution in [0.25, 0.3) is 0 Å². The lowest BCUT2D eigenvalue weighted by Gasteiger charge is -2.24. The first-order chi connectivity index (χ1) is 9.95. The molecule has 0 bridgehead atoms. The SMILES string of the molecule is COc1cc(S(C)(=O)=O)c(OC)cc1CC1CCNCC1. The van der Waals surface area contributed by atoms with Crippen LogP contribution in [0.3, 0.4) is 0 Å². The molecular weight excluding hydrogens is 290 g/mol. The number of sulfone groups is 1. The molecule has 0 radical (unpaired) electrons. The van der Waals surface area contributed by atoms with E-state index < -0.39 is 9.84 Å². The summed E-state index contributed by atoms with van der Waals surface area (Å²) in [6.07, 6.45) is 4.31. The highest BCUT2D eigenvalue weighted by Crippen LogP contribution is 2.34. The monoisotopic (exact) mass is 313 g/mol. The first kappa shape index (κ1) is 16.1. The van der Waals surface area contributed by atoms with Gasteiger partial charge in [0.2, 0.25) is 0 Å². The Balaban J connectivity index is 2.36. The number of rotatable bonds is 5. The van der Waals surface area contributed by atoms with Crippen LogP contribution >= 0.6 is 0 Å². The number of methoxy groups -OCH3 is 2. The van der Waals surface area contributed by atoms with Crippen molar-refractivity contribution in [3.8, 4) is 11.5 Å².